The molecule has 7 nitrogen and oxygen atoms in total. The Morgan fingerprint density at radius 2 is 1.64 bits per heavy atom. The van der Waals surface area contributed by atoms with Gasteiger partial charge < -0.3 is 20.9 Å². The standard InChI is InChI=1S/C21H22N2O5/c1-21(2,3)28-20(27)13(22)10-23-14-8-9-15(24)17-16(14)18(25)11-6-4-5-7-12(11)19(17)26/h4-9,13,23-24H,10,22H2,1-3H3. The van der Waals surface area contributed by atoms with E-state index in [4.69, 9.17) is 10.5 Å². The molecule has 0 heterocycles. The van der Waals surface area contributed by atoms with Crippen LogP contribution in [0.5, 0.6) is 5.75 Å². The minimum atomic E-state index is -0.967. The molecule has 1 unspecified atom stereocenters. The lowest BCUT2D eigenvalue weighted by molar-refractivity contribution is -0.156. The number of carbonyl (C=O) groups is 3. The average molecular weight is 382 g/mol. The molecule has 0 saturated heterocycles. The summed E-state index contributed by atoms with van der Waals surface area (Å²) in [5, 5.41) is 13.1. The van der Waals surface area contributed by atoms with Crippen LogP contribution in [0.4, 0.5) is 5.69 Å². The molecule has 2 aromatic rings. The van der Waals surface area contributed by atoms with Gasteiger partial charge in [0.15, 0.2) is 11.6 Å². The number of fused-ring (bicyclic) bond motifs is 2. The Hall–Kier alpha value is -3.19. The van der Waals surface area contributed by atoms with Crippen LogP contribution in [0.1, 0.15) is 52.6 Å². The van der Waals surface area contributed by atoms with Crippen molar-refractivity contribution in [2.75, 3.05) is 11.9 Å². The van der Waals surface area contributed by atoms with E-state index < -0.39 is 23.4 Å². The zero-order valence-corrected chi connectivity index (χ0v) is 15.9. The second-order valence-electron chi connectivity index (χ2n) is 7.61. The number of ether oxygens (including phenoxy) is 1. The van der Waals surface area contributed by atoms with Gasteiger partial charge in [-0.3, -0.25) is 14.4 Å². The molecule has 3 rings (SSSR count). The molecule has 1 aliphatic carbocycles. The van der Waals surface area contributed by atoms with Gasteiger partial charge in [0.25, 0.3) is 0 Å². The van der Waals surface area contributed by atoms with Gasteiger partial charge in [0.05, 0.1) is 11.1 Å². The molecule has 0 amide bonds. The second kappa shape index (κ2) is 7.09. The third kappa shape index (κ3) is 3.61. The number of aromatic hydroxyl groups is 1. The number of ketones is 2. The van der Waals surface area contributed by atoms with E-state index in [0.29, 0.717) is 5.69 Å². The Labute approximate surface area is 162 Å². The predicted molar refractivity (Wildman–Crippen MR) is 104 cm³/mol. The van der Waals surface area contributed by atoms with Crippen LogP contribution >= 0.6 is 0 Å². The highest BCUT2D eigenvalue weighted by Gasteiger charge is 2.34. The largest absolute Gasteiger partial charge is 0.507 e. The SMILES string of the molecule is CC(C)(C)OC(=O)C(N)CNc1ccc(O)c2c1C(=O)c1ccccc1C2=O. The third-order valence-corrected chi connectivity index (χ3v) is 4.28. The number of esters is 1. The minimum Gasteiger partial charge on any atom is -0.507 e. The molecular formula is C21H22N2O5. The quantitative estimate of drug-likeness (QED) is 0.468. The van der Waals surface area contributed by atoms with E-state index in [1.807, 2.05) is 0 Å². The average Bonchev–Trinajstić information content (AvgIpc) is 2.63. The van der Waals surface area contributed by atoms with Crippen molar-refractivity contribution in [2.45, 2.75) is 32.4 Å². The maximum atomic E-state index is 13.0. The van der Waals surface area contributed by atoms with E-state index in [2.05, 4.69) is 5.32 Å². The van der Waals surface area contributed by atoms with Crippen molar-refractivity contribution in [1.29, 1.82) is 0 Å². The fraction of sp³-hybridized carbons (Fsp3) is 0.286. The Balaban J connectivity index is 1.90. The summed E-state index contributed by atoms with van der Waals surface area (Å²) < 4.78 is 5.24. The van der Waals surface area contributed by atoms with Crippen molar-refractivity contribution in [1.82, 2.24) is 0 Å². The fourth-order valence-electron chi connectivity index (χ4n) is 3.03. The highest BCUT2D eigenvalue weighted by molar-refractivity contribution is 6.31. The smallest absolute Gasteiger partial charge is 0.325 e. The van der Waals surface area contributed by atoms with Gasteiger partial charge in [-0.1, -0.05) is 24.3 Å². The molecule has 0 aliphatic heterocycles. The molecule has 0 bridgehead atoms. The van der Waals surface area contributed by atoms with Crippen LogP contribution in [0.3, 0.4) is 0 Å². The zero-order chi connectivity index (χ0) is 20.6. The molecule has 1 atom stereocenters. The van der Waals surface area contributed by atoms with Crippen molar-refractivity contribution in [3.8, 4) is 5.75 Å². The Kier molecular flexibility index (Phi) is 4.95. The molecule has 0 aromatic heterocycles. The van der Waals surface area contributed by atoms with E-state index in [1.54, 1.807) is 45.0 Å². The summed E-state index contributed by atoms with van der Waals surface area (Å²) in [4.78, 5) is 37.8. The number of benzene rings is 2. The number of anilines is 1. The highest BCUT2D eigenvalue weighted by atomic mass is 16.6. The molecule has 2 aromatic carbocycles. The normalized spacial score (nSPS) is 14.1. The summed E-state index contributed by atoms with van der Waals surface area (Å²) >= 11 is 0. The lowest BCUT2D eigenvalue weighted by Gasteiger charge is -2.24. The second-order valence-corrected chi connectivity index (χ2v) is 7.61. The summed E-state index contributed by atoms with van der Waals surface area (Å²) in [6, 6.07) is 8.30. The number of phenols is 1. The summed E-state index contributed by atoms with van der Waals surface area (Å²) in [6.07, 6.45) is 0. The van der Waals surface area contributed by atoms with Crippen LogP contribution in [-0.4, -0.2) is 40.8 Å². The summed E-state index contributed by atoms with van der Waals surface area (Å²) in [6.45, 7) is 5.21. The highest BCUT2D eigenvalue weighted by Crippen LogP contribution is 2.36. The third-order valence-electron chi connectivity index (χ3n) is 4.28. The monoisotopic (exact) mass is 382 g/mol. The molecule has 0 spiro atoms. The Morgan fingerprint density at radius 3 is 2.21 bits per heavy atom. The van der Waals surface area contributed by atoms with Crippen LogP contribution in [0.15, 0.2) is 36.4 Å². The predicted octanol–water partition coefficient (Wildman–Crippen LogP) is 2.25. The Morgan fingerprint density at radius 1 is 1.07 bits per heavy atom. The molecule has 1 aliphatic rings. The number of nitrogens with one attached hydrogen (secondary N) is 1. The van der Waals surface area contributed by atoms with Crippen molar-refractivity contribution in [3.63, 3.8) is 0 Å². The van der Waals surface area contributed by atoms with Gasteiger partial charge in [-0.15, -0.1) is 0 Å². The fourth-order valence-corrected chi connectivity index (χ4v) is 3.03. The van der Waals surface area contributed by atoms with Gasteiger partial charge in [-0.2, -0.15) is 0 Å². The van der Waals surface area contributed by atoms with Crippen LogP contribution in [0, 0.1) is 0 Å². The molecule has 0 saturated carbocycles. The zero-order valence-electron chi connectivity index (χ0n) is 15.9. The maximum Gasteiger partial charge on any atom is 0.325 e. The summed E-state index contributed by atoms with van der Waals surface area (Å²) in [5.74, 6) is -1.66. The van der Waals surface area contributed by atoms with Gasteiger partial charge in [0.2, 0.25) is 0 Å². The molecular weight excluding hydrogens is 360 g/mol. The number of hydrogen-bond acceptors (Lipinski definition) is 7. The first-order chi connectivity index (χ1) is 13.1. The molecule has 0 radical (unpaired) electrons. The topological polar surface area (TPSA) is 119 Å². The van der Waals surface area contributed by atoms with Gasteiger partial charge in [-0.05, 0) is 32.9 Å². The lowest BCUT2D eigenvalue weighted by Crippen LogP contribution is -2.42. The Bertz CT molecular complexity index is 975. The number of rotatable bonds is 4. The van der Waals surface area contributed by atoms with Gasteiger partial charge in [0.1, 0.15) is 17.4 Å². The number of nitrogens with two attached hydrogens (primary N) is 1. The number of carbonyl (C=O) groups excluding carboxylic acids is 3. The van der Waals surface area contributed by atoms with Crippen molar-refractivity contribution >= 4 is 23.2 Å². The first-order valence-electron chi connectivity index (χ1n) is 8.87. The maximum absolute atomic E-state index is 13.0. The minimum absolute atomic E-state index is 0.00472. The molecule has 146 valence electrons. The van der Waals surface area contributed by atoms with Crippen LogP contribution in [0.2, 0.25) is 0 Å². The molecule has 0 fully saturated rings. The molecule has 7 heteroatoms. The first kappa shape index (κ1) is 19.6. The van der Waals surface area contributed by atoms with Crippen molar-refractivity contribution in [3.05, 3.63) is 58.7 Å². The van der Waals surface area contributed by atoms with E-state index >= 15 is 0 Å². The van der Waals surface area contributed by atoms with E-state index in [-0.39, 0.29) is 40.3 Å². The van der Waals surface area contributed by atoms with Gasteiger partial charge in [0, 0.05) is 23.4 Å². The van der Waals surface area contributed by atoms with Crippen LogP contribution in [-0.2, 0) is 9.53 Å². The van der Waals surface area contributed by atoms with Crippen LogP contribution < -0.4 is 11.1 Å². The van der Waals surface area contributed by atoms with Crippen LogP contribution in [0.25, 0.3) is 0 Å². The summed E-state index contributed by atoms with van der Waals surface area (Å²) in [7, 11) is 0. The first-order valence-corrected chi connectivity index (χ1v) is 8.87. The van der Waals surface area contributed by atoms with E-state index in [1.165, 1.54) is 12.1 Å². The van der Waals surface area contributed by atoms with Gasteiger partial charge in [-0.25, -0.2) is 0 Å². The van der Waals surface area contributed by atoms with Crippen molar-refractivity contribution < 1.29 is 24.2 Å². The van der Waals surface area contributed by atoms with E-state index in [9.17, 15) is 19.5 Å². The number of phenolic OH excluding ortho intramolecular Hbond substituents is 1. The lowest BCUT2D eigenvalue weighted by atomic mass is 9.82. The van der Waals surface area contributed by atoms with E-state index in [0.717, 1.165) is 0 Å². The summed E-state index contributed by atoms with van der Waals surface area (Å²) in [5.41, 5.74) is 6.06. The number of hydrogen-bond donors (Lipinski definition) is 3. The molecule has 4 N–H and O–H groups in total. The van der Waals surface area contributed by atoms with Gasteiger partial charge >= 0.3 is 5.97 Å². The molecule has 28 heavy (non-hydrogen) atoms. The van der Waals surface area contributed by atoms with Crippen molar-refractivity contribution in [2.24, 2.45) is 5.73 Å².